The first-order valence-corrected chi connectivity index (χ1v) is 9.75. The molecule has 0 radical (unpaired) electrons. The molecule has 0 aromatic carbocycles. The number of aliphatic carboxylic acids is 2. The van der Waals surface area contributed by atoms with E-state index in [4.69, 9.17) is 30.7 Å². The Hall–Kier alpha value is -0.472. The molecule has 0 heterocycles. The molecule has 4 unspecified atom stereocenters. The predicted octanol–water partition coefficient (Wildman–Crippen LogP) is 2.57. The number of likely N-dealkylation sites (N-methyl/N-ethyl adjacent to an activating group) is 1. The van der Waals surface area contributed by atoms with Crippen LogP contribution in [0.15, 0.2) is 0 Å². The van der Waals surface area contributed by atoms with Crippen molar-refractivity contribution in [3.63, 3.8) is 0 Å². The van der Waals surface area contributed by atoms with Gasteiger partial charge in [0.1, 0.15) is 6.42 Å². The van der Waals surface area contributed by atoms with E-state index in [1.807, 2.05) is 6.92 Å². The first-order chi connectivity index (χ1) is 12.4. The maximum atomic E-state index is 10.9. The fourth-order valence-corrected chi connectivity index (χ4v) is 2.74. The zero-order chi connectivity index (χ0) is 21.6. The number of carboxylic acid groups (broad SMARTS) is 2. The van der Waals surface area contributed by atoms with Crippen molar-refractivity contribution in [3.8, 4) is 0 Å². The third-order valence-corrected chi connectivity index (χ3v) is 4.41. The average Bonchev–Trinajstić information content (AvgIpc) is 2.56. The maximum absolute atomic E-state index is 10.9. The molecule has 1 aliphatic carbocycles. The second-order valence-electron chi connectivity index (χ2n) is 6.91. The van der Waals surface area contributed by atoms with E-state index in [0.29, 0.717) is 12.5 Å². The normalized spacial score (nSPS) is 20.2. The molecule has 0 aliphatic heterocycles. The van der Waals surface area contributed by atoms with Crippen LogP contribution in [-0.4, -0.2) is 64.6 Å². The first kappa shape index (κ1) is 32.2. The Labute approximate surface area is 183 Å². The summed E-state index contributed by atoms with van der Waals surface area (Å²) in [5.41, 5.74) is 7.42. The van der Waals surface area contributed by atoms with Gasteiger partial charge in [0, 0.05) is 6.10 Å². The van der Waals surface area contributed by atoms with Gasteiger partial charge in [-0.1, -0.05) is 32.6 Å². The summed E-state index contributed by atoms with van der Waals surface area (Å²) in [5, 5.41) is 24.5. The number of nitrogens with one attached hydrogen (secondary N) is 1. The molecule has 1 fully saturated rings. The molecular weight excluding hydrogens is 574 g/mol. The van der Waals surface area contributed by atoms with E-state index >= 15 is 0 Å². The molecular formula is C16H34N2O8PPt+. The largest absolute Gasteiger partial charge is 2.00 e. The number of carboxylic acids is 2. The van der Waals surface area contributed by atoms with Crippen LogP contribution in [0.4, 0.5) is 0 Å². The van der Waals surface area contributed by atoms with Crippen molar-refractivity contribution < 1.29 is 66.2 Å². The van der Waals surface area contributed by atoms with E-state index in [1.165, 1.54) is 19.3 Å². The van der Waals surface area contributed by atoms with Crippen LogP contribution in [0.3, 0.4) is 0 Å². The third-order valence-electron chi connectivity index (χ3n) is 4.27. The van der Waals surface area contributed by atoms with E-state index < -0.39 is 26.2 Å². The summed E-state index contributed by atoms with van der Waals surface area (Å²) in [6, 6.07) is -0.726. The molecule has 0 bridgehead atoms. The van der Waals surface area contributed by atoms with E-state index in [0.717, 1.165) is 12.8 Å². The summed E-state index contributed by atoms with van der Waals surface area (Å²) in [6.07, 6.45) is 5.30. The van der Waals surface area contributed by atoms with Crippen LogP contribution in [0.2, 0.25) is 0 Å². The average molecular weight is 609 g/mol. The van der Waals surface area contributed by atoms with E-state index in [2.05, 4.69) is 11.6 Å². The Morgan fingerprint density at radius 2 is 1.82 bits per heavy atom. The summed E-state index contributed by atoms with van der Waals surface area (Å²) in [7, 11) is 0.440. The van der Waals surface area contributed by atoms with Crippen molar-refractivity contribution >= 4 is 20.2 Å². The van der Waals surface area contributed by atoms with Gasteiger partial charge in [-0.2, -0.15) is 12.0 Å². The topological polar surface area (TPSA) is 168 Å². The molecule has 4 N–H and O–H groups in total. The van der Waals surface area contributed by atoms with Crippen molar-refractivity contribution in [1.82, 2.24) is 0 Å². The smallest absolute Gasteiger partial charge is 0.677 e. The number of nitrogens with zero attached hydrogens (tertiary/aromatic N) is 1. The summed E-state index contributed by atoms with van der Waals surface area (Å²) in [5.74, 6) is -1.70. The predicted molar refractivity (Wildman–Crippen MR) is 99.8 cm³/mol. The minimum Gasteiger partial charge on any atom is -0.677 e. The molecule has 10 nitrogen and oxygen atoms in total. The number of rotatable bonds is 7. The number of carbonyl (C=O) groups is 2. The molecule has 12 heteroatoms. The minimum absolute atomic E-state index is 0. The Morgan fingerprint density at radius 3 is 2.07 bits per heavy atom. The van der Waals surface area contributed by atoms with Crippen molar-refractivity contribution in [2.24, 2.45) is 5.92 Å². The monoisotopic (exact) mass is 608 g/mol. The van der Waals surface area contributed by atoms with Gasteiger partial charge >= 0.3 is 41.3 Å². The zero-order valence-corrected chi connectivity index (χ0v) is 19.6. The molecule has 0 aromatic heterocycles. The number of quaternary nitrogens is 1. The molecule has 170 valence electrons. The summed E-state index contributed by atoms with van der Waals surface area (Å²) in [4.78, 5) is 30.3. The third kappa shape index (κ3) is 16.5. The Bertz CT molecular complexity index is 464. The van der Waals surface area contributed by atoms with Gasteiger partial charge in [0.25, 0.3) is 0 Å². The molecule has 0 amide bonds. The molecule has 1 aliphatic rings. The molecule has 4 atom stereocenters. The van der Waals surface area contributed by atoms with Crippen molar-refractivity contribution in [1.29, 1.82) is 0 Å². The van der Waals surface area contributed by atoms with Gasteiger partial charge < -0.3 is 32.2 Å². The van der Waals surface area contributed by atoms with Crippen LogP contribution in [-0.2, 0) is 39.9 Å². The first-order valence-electron chi connectivity index (χ1n) is 8.66. The standard InChI is InChI=1S/C9H17NO4.C7H13N.HO4P.Pt.H2/c1-4-5-10(2,3)7(9(13)14)6-8(11)12;1-6-4-2-3-5-7(6)8;1-4-5(2)3;;/h7H,4-6H2,1-3H3,(H-,11,12,13,14);6-8H,1-5H2;1H;;1H/q;-2;;+2;/p+1. The van der Waals surface area contributed by atoms with Gasteiger partial charge in [0.15, 0.2) is 6.04 Å². The summed E-state index contributed by atoms with van der Waals surface area (Å²) >= 11 is 0. The van der Waals surface area contributed by atoms with Gasteiger partial charge in [-0.05, 0) is 11.0 Å². The molecule has 1 saturated carbocycles. The minimum atomic E-state index is -3.04. The summed E-state index contributed by atoms with van der Waals surface area (Å²) < 4.78 is 11.8. The van der Waals surface area contributed by atoms with Crippen LogP contribution in [0.25, 0.3) is 5.73 Å². The molecule has 28 heavy (non-hydrogen) atoms. The van der Waals surface area contributed by atoms with Crippen molar-refractivity contribution in [2.45, 2.75) is 57.5 Å². The fourth-order valence-electron chi connectivity index (χ4n) is 2.74. The Morgan fingerprint density at radius 1 is 1.36 bits per heavy atom. The van der Waals surface area contributed by atoms with Gasteiger partial charge in [-0.3, -0.25) is 4.79 Å². The summed E-state index contributed by atoms with van der Waals surface area (Å²) in [6.45, 7) is 6.49. The van der Waals surface area contributed by atoms with Crippen molar-refractivity contribution in [2.75, 3.05) is 20.6 Å². The molecule has 0 spiro atoms. The van der Waals surface area contributed by atoms with Crippen LogP contribution in [0.5, 0.6) is 0 Å². The van der Waals surface area contributed by atoms with Crippen LogP contribution in [0, 0.1) is 12.8 Å². The van der Waals surface area contributed by atoms with Gasteiger partial charge in [0.2, 0.25) is 0 Å². The second-order valence-corrected chi connectivity index (χ2v) is 7.52. The van der Waals surface area contributed by atoms with E-state index in [9.17, 15) is 9.59 Å². The SMILES string of the molecule is CCC[N+](C)(C)C(CC(=O)O)C(=O)O.O=[P+]([O-])OO.[CH2-]C1CCCCC1[NH-].[HH].[Pt+2]. The Balaban J connectivity index is -0.000000177. The van der Waals surface area contributed by atoms with Crippen LogP contribution >= 0.6 is 8.25 Å². The fraction of sp³-hybridized carbons (Fsp3) is 0.812. The van der Waals surface area contributed by atoms with E-state index in [1.54, 1.807) is 14.1 Å². The Kier molecular flexibility index (Phi) is 20.0. The zero-order valence-electron chi connectivity index (χ0n) is 16.5. The van der Waals surface area contributed by atoms with Crippen molar-refractivity contribution in [3.05, 3.63) is 12.7 Å². The second kappa shape index (κ2) is 17.4. The molecule has 1 rings (SSSR count). The molecule has 0 aromatic rings. The van der Waals surface area contributed by atoms with Gasteiger partial charge in [0.05, 0.1) is 20.6 Å². The molecule has 0 saturated heterocycles. The van der Waals surface area contributed by atoms with E-state index in [-0.39, 0.29) is 39.4 Å². The van der Waals surface area contributed by atoms with Gasteiger partial charge in [-0.15, -0.1) is 0 Å². The van der Waals surface area contributed by atoms with Crippen LogP contribution in [0.1, 0.15) is 46.9 Å². The quantitative estimate of drug-likeness (QED) is 0.130. The van der Waals surface area contributed by atoms with Gasteiger partial charge in [-0.25, -0.2) is 10.1 Å². The number of hydrogen-bond donors (Lipinski definition) is 3. The van der Waals surface area contributed by atoms with Crippen LogP contribution < -0.4 is 4.89 Å². The maximum Gasteiger partial charge on any atom is 2.00 e. The number of hydrogen-bond acceptors (Lipinski definition) is 6.